The molecule has 2 N–H and O–H groups in total. The Morgan fingerprint density at radius 3 is 2.79 bits per heavy atom. The van der Waals surface area contributed by atoms with Crippen molar-refractivity contribution in [1.82, 2.24) is 9.97 Å². The summed E-state index contributed by atoms with van der Waals surface area (Å²) in [6, 6.07) is 0.479. The van der Waals surface area contributed by atoms with Crippen molar-refractivity contribution in [1.29, 1.82) is 0 Å². The van der Waals surface area contributed by atoms with Gasteiger partial charge in [-0.2, -0.15) is 0 Å². The Morgan fingerprint density at radius 2 is 2.16 bits per heavy atom. The minimum absolute atomic E-state index is 0.142. The summed E-state index contributed by atoms with van der Waals surface area (Å²) < 4.78 is 0.886. The molecule has 0 bridgehead atoms. The molecule has 106 valence electrons. The zero-order chi connectivity index (χ0) is 13.7. The normalized spacial score (nSPS) is 15.7. The van der Waals surface area contributed by atoms with Crippen LogP contribution >= 0.6 is 15.9 Å². The Morgan fingerprint density at radius 1 is 1.42 bits per heavy atom. The SMILES string of the molecule is CCNc1ncnc(N(CCO)C2CCCC2)c1Br. The molecule has 1 heterocycles. The molecule has 0 spiro atoms. The first kappa shape index (κ1) is 14.5. The van der Waals surface area contributed by atoms with Gasteiger partial charge in [-0.05, 0) is 35.7 Å². The largest absolute Gasteiger partial charge is 0.395 e. The number of aliphatic hydroxyl groups is 1. The predicted molar refractivity (Wildman–Crippen MR) is 80.6 cm³/mol. The number of anilines is 2. The lowest BCUT2D eigenvalue weighted by Gasteiger charge is -2.30. The smallest absolute Gasteiger partial charge is 0.148 e. The van der Waals surface area contributed by atoms with E-state index in [1.54, 1.807) is 6.33 Å². The summed E-state index contributed by atoms with van der Waals surface area (Å²) in [6.07, 6.45) is 6.45. The molecule has 2 rings (SSSR count). The van der Waals surface area contributed by atoms with Crippen molar-refractivity contribution in [3.8, 4) is 0 Å². The molecule has 0 radical (unpaired) electrons. The van der Waals surface area contributed by atoms with E-state index in [1.165, 1.54) is 25.7 Å². The highest BCUT2D eigenvalue weighted by Crippen LogP contribution is 2.34. The van der Waals surface area contributed by atoms with Gasteiger partial charge in [0.05, 0.1) is 6.61 Å². The van der Waals surface area contributed by atoms with Crippen molar-refractivity contribution in [3.63, 3.8) is 0 Å². The summed E-state index contributed by atoms with van der Waals surface area (Å²) in [5.74, 6) is 1.69. The van der Waals surface area contributed by atoms with E-state index >= 15 is 0 Å². The van der Waals surface area contributed by atoms with Crippen LogP contribution in [0, 0.1) is 0 Å². The van der Waals surface area contributed by atoms with Gasteiger partial charge in [0.15, 0.2) is 0 Å². The second-order valence-electron chi connectivity index (χ2n) is 4.75. The summed E-state index contributed by atoms with van der Waals surface area (Å²) in [5, 5.41) is 12.5. The maximum atomic E-state index is 9.31. The summed E-state index contributed by atoms with van der Waals surface area (Å²) in [4.78, 5) is 10.8. The van der Waals surface area contributed by atoms with Gasteiger partial charge < -0.3 is 15.3 Å². The average Bonchev–Trinajstić information content (AvgIpc) is 2.93. The molecule has 0 unspecified atom stereocenters. The van der Waals surface area contributed by atoms with Crippen LogP contribution in [-0.2, 0) is 0 Å². The zero-order valence-electron chi connectivity index (χ0n) is 11.3. The van der Waals surface area contributed by atoms with Crippen LogP contribution in [0.2, 0.25) is 0 Å². The quantitative estimate of drug-likeness (QED) is 0.839. The molecule has 5 nitrogen and oxygen atoms in total. The Bertz CT molecular complexity index is 410. The predicted octanol–water partition coefficient (Wildman–Crippen LogP) is 2.41. The van der Waals surface area contributed by atoms with Crippen LogP contribution in [0.1, 0.15) is 32.6 Å². The number of hydrogen-bond donors (Lipinski definition) is 2. The number of rotatable bonds is 6. The van der Waals surface area contributed by atoms with Gasteiger partial charge in [0.2, 0.25) is 0 Å². The van der Waals surface area contributed by atoms with E-state index in [-0.39, 0.29) is 6.61 Å². The molecule has 0 saturated heterocycles. The number of halogens is 1. The van der Waals surface area contributed by atoms with Crippen molar-refractivity contribution in [2.24, 2.45) is 0 Å². The summed E-state index contributed by atoms with van der Waals surface area (Å²) in [6.45, 7) is 3.62. The maximum Gasteiger partial charge on any atom is 0.148 e. The Hall–Kier alpha value is -0.880. The van der Waals surface area contributed by atoms with Crippen LogP contribution in [-0.4, -0.2) is 40.8 Å². The second-order valence-corrected chi connectivity index (χ2v) is 5.54. The molecule has 0 atom stereocenters. The molecule has 0 amide bonds. The zero-order valence-corrected chi connectivity index (χ0v) is 12.9. The Labute approximate surface area is 122 Å². The lowest BCUT2D eigenvalue weighted by atomic mass is 10.2. The standard InChI is InChI=1S/C13H21BrN4O/c1-2-15-12-11(14)13(17-9-16-12)18(7-8-19)10-5-3-4-6-10/h9-10,19H,2-8H2,1H3,(H,15,16,17). The molecule has 6 heteroatoms. The first-order valence-electron chi connectivity index (χ1n) is 6.89. The molecule has 0 aromatic carbocycles. The highest BCUT2D eigenvalue weighted by Gasteiger charge is 2.25. The van der Waals surface area contributed by atoms with Gasteiger partial charge in [0.25, 0.3) is 0 Å². The van der Waals surface area contributed by atoms with Gasteiger partial charge in [-0.15, -0.1) is 0 Å². The number of nitrogens with one attached hydrogen (secondary N) is 1. The fraction of sp³-hybridized carbons (Fsp3) is 0.692. The van der Waals surface area contributed by atoms with Crippen LogP contribution in [0.25, 0.3) is 0 Å². The average molecular weight is 329 g/mol. The molecule has 1 aromatic heterocycles. The van der Waals surface area contributed by atoms with Gasteiger partial charge in [0.1, 0.15) is 22.4 Å². The highest BCUT2D eigenvalue weighted by molar-refractivity contribution is 9.10. The molecular weight excluding hydrogens is 308 g/mol. The molecule has 1 aromatic rings. The molecule has 1 aliphatic rings. The van der Waals surface area contributed by atoms with E-state index in [0.717, 1.165) is 22.7 Å². The van der Waals surface area contributed by atoms with Crippen molar-refractivity contribution >= 4 is 27.6 Å². The molecule has 1 fully saturated rings. The van der Waals surface area contributed by atoms with Crippen molar-refractivity contribution in [2.75, 3.05) is 29.9 Å². The summed E-state index contributed by atoms with van der Waals surface area (Å²) >= 11 is 3.59. The number of hydrogen-bond acceptors (Lipinski definition) is 5. The second kappa shape index (κ2) is 7.05. The third-order valence-corrected chi connectivity index (χ3v) is 4.22. The summed E-state index contributed by atoms with van der Waals surface area (Å²) in [5.41, 5.74) is 0. The third kappa shape index (κ3) is 3.36. The van der Waals surface area contributed by atoms with E-state index in [2.05, 4.69) is 36.1 Å². The number of aromatic nitrogens is 2. The van der Waals surface area contributed by atoms with Crippen LogP contribution in [0.4, 0.5) is 11.6 Å². The monoisotopic (exact) mass is 328 g/mol. The number of nitrogens with zero attached hydrogens (tertiary/aromatic N) is 3. The first-order valence-corrected chi connectivity index (χ1v) is 7.69. The van der Waals surface area contributed by atoms with Crippen LogP contribution in [0.3, 0.4) is 0 Å². The van der Waals surface area contributed by atoms with E-state index < -0.39 is 0 Å². The van der Waals surface area contributed by atoms with Crippen molar-refractivity contribution < 1.29 is 5.11 Å². The van der Waals surface area contributed by atoms with Gasteiger partial charge in [-0.1, -0.05) is 12.8 Å². The van der Waals surface area contributed by atoms with Crippen LogP contribution in [0.15, 0.2) is 10.8 Å². The van der Waals surface area contributed by atoms with Gasteiger partial charge >= 0.3 is 0 Å². The topological polar surface area (TPSA) is 61.3 Å². The first-order chi connectivity index (χ1) is 9.27. The van der Waals surface area contributed by atoms with Gasteiger partial charge in [0, 0.05) is 19.1 Å². The third-order valence-electron chi connectivity index (χ3n) is 3.49. The van der Waals surface area contributed by atoms with Gasteiger partial charge in [-0.25, -0.2) is 9.97 Å². The number of aliphatic hydroxyl groups excluding tert-OH is 1. The lowest BCUT2D eigenvalue weighted by molar-refractivity contribution is 0.296. The lowest BCUT2D eigenvalue weighted by Crippen LogP contribution is -2.36. The molecule has 19 heavy (non-hydrogen) atoms. The molecule has 1 saturated carbocycles. The van der Waals surface area contributed by atoms with E-state index in [0.29, 0.717) is 12.6 Å². The maximum absolute atomic E-state index is 9.31. The van der Waals surface area contributed by atoms with Crippen molar-refractivity contribution in [2.45, 2.75) is 38.6 Å². The fourth-order valence-electron chi connectivity index (χ4n) is 2.64. The minimum atomic E-state index is 0.142. The van der Waals surface area contributed by atoms with E-state index in [1.807, 2.05) is 6.92 Å². The molecule has 1 aliphatic carbocycles. The van der Waals surface area contributed by atoms with Gasteiger partial charge in [-0.3, -0.25) is 0 Å². The van der Waals surface area contributed by atoms with Crippen LogP contribution in [0.5, 0.6) is 0 Å². The Balaban J connectivity index is 2.27. The molecular formula is C13H21BrN4O. The van der Waals surface area contributed by atoms with Crippen molar-refractivity contribution in [3.05, 3.63) is 10.8 Å². The molecule has 0 aliphatic heterocycles. The van der Waals surface area contributed by atoms with E-state index in [9.17, 15) is 5.11 Å². The minimum Gasteiger partial charge on any atom is -0.395 e. The highest BCUT2D eigenvalue weighted by atomic mass is 79.9. The Kier molecular flexibility index (Phi) is 5.39. The van der Waals surface area contributed by atoms with Crippen LogP contribution < -0.4 is 10.2 Å². The summed E-state index contributed by atoms with van der Waals surface area (Å²) in [7, 11) is 0. The fourth-order valence-corrected chi connectivity index (χ4v) is 3.21. The van der Waals surface area contributed by atoms with E-state index in [4.69, 9.17) is 0 Å².